The first-order chi connectivity index (χ1) is 9.28. The van der Waals surface area contributed by atoms with Crippen molar-refractivity contribution in [3.63, 3.8) is 0 Å². The number of hydrogen-bond donors (Lipinski definition) is 1. The van der Waals surface area contributed by atoms with Gasteiger partial charge in [-0.15, -0.1) is 10.2 Å². The van der Waals surface area contributed by atoms with Crippen LogP contribution in [0, 0.1) is 6.92 Å². The van der Waals surface area contributed by atoms with Gasteiger partial charge in [-0.3, -0.25) is 0 Å². The topological polar surface area (TPSA) is 74.2 Å². The highest BCUT2D eigenvalue weighted by Gasteiger charge is 2.05. The predicted octanol–water partition coefficient (Wildman–Crippen LogP) is 1.89. The SMILES string of the molecule is Cc1cccc(OCCc2nnc(CCCN)o2)c1. The summed E-state index contributed by atoms with van der Waals surface area (Å²) in [4.78, 5) is 0. The van der Waals surface area contributed by atoms with E-state index in [1.807, 2.05) is 31.2 Å². The second-order valence-electron chi connectivity index (χ2n) is 4.40. The molecule has 5 heteroatoms. The molecule has 0 aliphatic carbocycles. The van der Waals surface area contributed by atoms with Crippen molar-refractivity contribution in [2.75, 3.05) is 13.2 Å². The molecule has 0 spiro atoms. The molecular formula is C14H19N3O2. The van der Waals surface area contributed by atoms with Crippen LogP contribution in [0.4, 0.5) is 0 Å². The fourth-order valence-electron chi connectivity index (χ4n) is 1.71. The van der Waals surface area contributed by atoms with Gasteiger partial charge in [-0.05, 0) is 37.6 Å². The summed E-state index contributed by atoms with van der Waals surface area (Å²) in [5, 5.41) is 7.95. The van der Waals surface area contributed by atoms with E-state index in [4.69, 9.17) is 14.9 Å². The molecule has 2 rings (SSSR count). The molecule has 0 radical (unpaired) electrons. The minimum absolute atomic E-state index is 0.530. The van der Waals surface area contributed by atoms with Crippen LogP contribution < -0.4 is 10.5 Å². The lowest BCUT2D eigenvalue weighted by Crippen LogP contribution is -2.01. The molecule has 0 fully saturated rings. The van der Waals surface area contributed by atoms with Gasteiger partial charge in [0.25, 0.3) is 0 Å². The molecule has 0 aliphatic heterocycles. The number of nitrogens with two attached hydrogens (primary N) is 1. The van der Waals surface area contributed by atoms with Crippen LogP contribution in [0.3, 0.4) is 0 Å². The van der Waals surface area contributed by atoms with Crippen LogP contribution in [-0.4, -0.2) is 23.3 Å². The quantitative estimate of drug-likeness (QED) is 0.823. The second kappa shape index (κ2) is 6.89. The summed E-state index contributed by atoms with van der Waals surface area (Å²) >= 11 is 0. The van der Waals surface area contributed by atoms with Gasteiger partial charge in [-0.1, -0.05) is 12.1 Å². The Balaban J connectivity index is 1.77. The molecule has 102 valence electrons. The van der Waals surface area contributed by atoms with Crippen molar-refractivity contribution < 1.29 is 9.15 Å². The van der Waals surface area contributed by atoms with Crippen molar-refractivity contribution in [3.05, 3.63) is 41.6 Å². The third kappa shape index (κ3) is 4.37. The Morgan fingerprint density at radius 3 is 2.74 bits per heavy atom. The molecule has 1 aromatic carbocycles. The van der Waals surface area contributed by atoms with E-state index in [0.29, 0.717) is 31.4 Å². The fourth-order valence-corrected chi connectivity index (χ4v) is 1.71. The Kier molecular flexibility index (Phi) is 4.92. The Hall–Kier alpha value is -1.88. The van der Waals surface area contributed by atoms with E-state index in [0.717, 1.165) is 18.6 Å². The van der Waals surface area contributed by atoms with Gasteiger partial charge in [0.2, 0.25) is 11.8 Å². The third-order valence-corrected chi connectivity index (χ3v) is 2.68. The van der Waals surface area contributed by atoms with E-state index in [2.05, 4.69) is 10.2 Å². The van der Waals surface area contributed by atoms with Crippen molar-refractivity contribution in [1.29, 1.82) is 0 Å². The van der Waals surface area contributed by atoms with Crippen LogP contribution in [0.2, 0.25) is 0 Å². The van der Waals surface area contributed by atoms with Crippen LogP contribution in [0.25, 0.3) is 0 Å². The van der Waals surface area contributed by atoms with Gasteiger partial charge in [0, 0.05) is 6.42 Å². The van der Waals surface area contributed by atoms with Crippen LogP contribution in [0.15, 0.2) is 28.7 Å². The standard InChI is InChI=1S/C14H19N3O2/c1-11-4-2-5-12(10-11)18-9-7-14-17-16-13(19-14)6-3-8-15/h2,4-5,10H,3,6-9,15H2,1H3. The van der Waals surface area contributed by atoms with E-state index >= 15 is 0 Å². The van der Waals surface area contributed by atoms with E-state index in [-0.39, 0.29) is 0 Å². The van der Waals surface area contributed by atoms with Crippen LogP contribution >= 0.6 is 0 Å². The molecule has 0 aliphatic rings. The summed E-state index contributed by atoms with van der Waals surface area (Å²) in [6.45, 7) is 3.20. The Morgan fingerprint density at radius 1 is 1.21 bits per heavy atom. The van der Waals surface area contributed by atoms with Gasteiger partial charge in [-0.2, -0.15) is 0 Å². The predicted molar refractivity (Wildman–Crippen MR) is 72.1 cm³/mol. The van der Waals surface area contributed by atoms with Crippen LogP contribution in [0.1, 0.15) is 23.8 Å². The minimum Gasteiger partial charge on any atom is -0.493 e. The normalized spacial score (nSPS) is 10.6. The van der Waals surface area contributed by atoms with Gasteiger partial charge < -0.3 is 14.9 Å². The summed E-state index contributed by atoms with van der Waals surface area (Å²) in [5.41, 5.74) is 6.61. The summed E-state index contributed by atoms with van der Waals surface area (Å²) in [6, 6.07) is 7.95. The average Bonchev–Trinajstić information content (AvgIpc) is 2.84. The van der Waals surface area contributed by atoms with Crippen molar-refractivity contribution in [2.24, 2.45) is 5.73 Å². The van der Waals surface area contributed by atoms with Crippen molar-refractivity contribution in [2.45, 2.75) is 26.2 Å². The molecule has 5 nitrogen and oxygen atoms in total. The zero-order chi connectivity index (χ0) is 13.5. The van der Waals surface area contributed by atoms with Crippen LogP contribution in [-0.2, 0) is 12.8 Å². The van der Waals surface area contributed by atoms with Gasteiger partial charge in [0.1, 0.15) is 5.75 Å². The van der Waals surface area contributed by atoms with E-state index in [1.165, 1.54) is 5.56 Å². The van der Waals surface area contributed by atoms with Crippen molar-refractivity contribution in [3.8, 4) is 5.75 Å². The fraction of sp³-hybridized carbons (Fsp3) is 0.429. The molecular weight excluding hydrogens is 242 g/mol. The molecule has 1 heterocycles. The molecule has 0 saturated carbocycles. The van der Waals surface area contributed by atoms with Crippen LogP contribution in [0.5, 0.6) is 5.75 Å². The maximum atomic E-state index is 5.63. The average molecular weight is 261 g/mol. The largest absolute Gasteiger partial charge is 0.493 e. The molecule has 2 N–H and O–H groups in total. The number of rotatable bonds is 7. The van der Waals surface area contributed by atoms with Crippen molar-refractivity contribution >= 4 is 0 Å². The first-order valence-corrected chi connectivity index (χ1v) is 6.48. The number of benzene rings is 1. The maximum absolute atomic E-state index is 5.63. The highest BCUT2D eigenvalue weighted by atomic mass is 16.5. The summed E-state index contributed by atoms with van der Waals surface area (Å²) in [7, 11) is 0. The molecule has 2 aromatic rings. The number of nitrogens with zero attached hydrogens (tertiary/aromatic N) is 2. The molecule has 0 saturated heterocycles. The monoisotopic (exact) mass is 261 g/mol. The third-order valence-electron chi connectivity index (χ3n) is 2.68. The smallest absolute Gasteiger partial charge is 0.219 e. The lowest BCUT2D eigenvalue weighted by atomic mass is 10.2. The molecule has 19 heavy (non-hydrogen) atoms. The zero-order valence-corrected chi connectivity index (χ0v) is 11.1. The number of aryl methyl sites for hydroxylation is 2. The second-order valence-corrected chi connectivity index (χ2v) is 4.40. The van der Waals surface area contributed by atoms with Gasteiger partial charge in [0.05, 0.1) is 13.0 Å². The number of aromatic nitrogens is 2. The molecule has 0 unspecified atom stereocenters. The summed E-state index contributed by atoms with van der Waals surface area (Å²) in [6.07, 6.45) is 2.22. The van der Waals surface area contributed by atoms with Crippen molar-refractivity contribution in [1.82, 2.24) is 10.2 Å². The molecule has 0 atom stereocenters. The lowest BCUT2D eigenvalue weighted by molar-refractivity contribution is 0.303. The highest BCUT2D eigenvalue weighted by Crippen LogP contribution is 2.12. The molecule has 0 amide bonds. The van der Waals surface area contributed by atoms with Gasteiger partial charge in [-0.25, -0.2) is 0 Å². The van der Waals surface area contributed by atoms with Gasteiger partial charge in [0.15, 0.2) is 0 Å². The van der Waals surface area contributed by atoms with E-state index < -0.39 is 0 Å². The minimum atomic E-state index is 0.530. The van der Waals surface area contributed by atoms with E-state index in [1.54, 1.807) is 0 Å². The Bertz CT molecular complexity index is 511. The first-order valence-electron chi connectivity index (χ1n) is 6.48. The summed E-state index contributed by atoms with van der Waals surface area (Å²) in [5.74, 6) is 2.12. The molecule has 1 aromatic heterocycles. The highest BCUT2D eigenvalue weighted by molar-refractivity contribution is 5.27. The van der Waals surface area contributed by atoms with Gasteiger partial charge >= 0.3 is 0 Å². The maximum Gasteiger partial charge on any atom is 0.219 e. The Labute approximate surface area is 112 Å². The van der Waals surface area contributed by atoms with E-state index in [9.17, 15) is 0 Å². The number of ether oxygens (including phenoxy) is 1. The lowest BCUT2D eigenvalue weighted by Gasteiger charge is -2.04. The summed E-state index contributed by atoms with van der Waals surface area (Å²) < 4.78 is 11.1. The molecule has 0 bridgehead atoms. The number of hydrogen-bond acceptors (Lipinski definition) is 5. The zero-order valence-electron chi connectivity index (χ0n) is 11.1. The first kappa shape index (κ1) is 13.5. The Morgan fingerprint density at radius 2 is 2.00 bits per heavy atom.